The van der Waals surface area contributed by atoms with Crippen LogP contribution in [0.2, 0.25) is 0 Å². The average molecular weight is 270 g/mol. The van der Waals surface area contributed by atoms with Gasteiger partial charge in [0.2, 0.25) is 0 Å². The maximum absolute atomic E-state index is 11.3. The summed E-state index contributed by atoms with van der Waals surface area (Å²) in [5.41, 5.74) is 0. The molecule has 6 heteroatoms. The molecular formula is C12H22N4OS. The van der Waals surface area contributed by atoms with Gasteiger partial charge in [0, 0.05) is 32.4 Å². The van der Waals surface area contributed by atoms with Crippen LogP contribution in [0.1, 0.15) is 19.3 Å². The molecule has 1 heterocycles. The van der Waals surface area contributed by atoms with Gasteiger partial charge in [0.15, 0.2) is 5.17 Å². The van der Waals surface area contributed by atoms with E-state index in [0.717, 1.165) is 11.1 Å². The fourth-order valence-corrected chi connectivity index (χ4v) is 3.57. The number of rotatable bonds is 3. The zero-order valence-corrected chi connectivity index (χ0v) is 11.9. The number of thioether (sulfide) groups is 1. The van der Waals surface area contributed by atoms with Crippen LogP contribution >= 0.6 is 11.8 Å². The third-order valence-corrected chi connectivity index (χ3v) is 4.57. The minimum Gasteiger partial charge on any atom is -0.362 e. The van der Waals surface area contributed by atoms with Crippen molar-refractivity contribution < 1.29 is 4.79 Å². The van der Waals surface area contributed by atoms with Crippen molar-refractivity contribution in [3.8, 4) is 0 Å². The molecule has 2 atom stereocenters. The van der Waals surface area contributed by atoms with Crippen LogP contribution in [0.15, 0.2) is 4.99 Å². The summed E-state index contributed by atoms with van der Waals surface area (Å²) >= 11 is 1.82. The molecule has 1 saturated carbocycles. The van der Waals surface area contributed by atoms with Crippen molar-refractivity contribution in [1.29, 1.82) is 0 Å². The average Bonchev–Trinajstić information content (AvgIpc) is 2.81. The fourth-order valence-electron chi connectivity index (χ4n) is 2.38. The topological polar surface area (TPSA) is 56.7 Å². The molecule has 0 aromatic heterocycles. The minimum atomic E-state index is -0.0599. The van der Waals surface area contributed by atoms with E-state index >= 15 is 0 Å². The number of nitrogens with zero attached hydrogens (tertiary/aromatic N) is 2. The quantitative estimate of drug-likeness (QED) is 0.756. The number of urea groups is 1. The molecule has 2 aliphatic rings. The molecule has 2 rings (SSSR count). The second-order valence-electron chi connectivity index (χ2n) is 5.07. The maximum Gasteiger partial charge on any atom is 0.316 e. The van der Waals surface area contributed by atoms with Crippen LogP contribution in [0, 0.1) is 5.92 Å². The largest absolute Gasteiger partial charge is 0.362 e. The van der Waals surface area contributed by atoms with Crippen molar-refractivity contribution in [2.75, 3.05) is 32.9 Å². The molecule has 5 nitrogen and oxygen atoms in total. The number of hydrogen-bond donors (Lipinski definition) is 2. The Balaban J connectivity index is 1.69. The van der Waals surface area contributed by atoms with Gasteiger partial charge in [0.05, 0.1) is 6.54 Å². The Kier molecular flexibility index (Phi) is 4.74. The van der Waals surface area contributed by atoms with Gasteiger partial charge in [-0.05, 0) is 18.8 Å². The van der Waals surface area contributed by atoms with Gasteiger partial charge in [-0.15, -0.1) is 0 Å². The molecule has 2 N–H and O–H groups in total. The van der Waals surface area contributed by atoms with Crippen LogP contribution in [0.3, 0.4) is 0 Å². The predicted octanol–water partition coefficient (Wildman–Crippen LogP) is 1.12. The van der Waals surface area contributed by atoms with E-state index in [2.05, 4.69) is 15.6 Å². The van der Waals surface area contributed by atoms with Gasteiger partial charge >= 0.3 is 6.03 Å². The molecular weight excluding hydrogens is 248 g/mol. The summed E-state index contributed by atoms with van der Waals surface area (Å²) < 4.78 is 0. The monoisotopic (exact) mass is 270 g/mol. The van der Waals surface area contributed by atoms with E-state index in [1.807, 2.05) is 11.8 Å². The van der Waals surface area contributed by atoms with E-state index in [9.17, 15) is 4.79 Å². The number of fused-ring (bicyclic) bond motifs is 1. The Bertz CT molecular complexity index is 332. The molecule has 0 spiro atoms. The molecule has 1 aliphatic carbocycles. The Morgan fingerprint density at radius 1 is 1.56 bits per heavy atom. The number of nitrogens with one attached hydrogen (secondary N) is 2. The number of aliphatic imine (C=N–C) groups is 1. The molecule has 2 unspecified atom stereocenters. The second kappa shape index (κ2) is 6.31. The number of carbonyl (C=O) groups is 1. The Hall–Kier alpha value is -0.910. The van der Waals surface area contributed by atoms with Crippen LogP contribution in [-0.2, 0) is 0 Å². The van der Waals surface area contributed by atoms with Crippen molar-refractivity contribution in [1.82, 2.24) is 15.5 Å². The summed E-state index contributed by atoms with van der Waals surface area (Å²) in [4.78, 5) is 17.3. The first-order chi connectivity index (χ1) is 8.66. The lowest BCUT2D eigenvalue weighted by atomic mass is 10.1. The normalized spacial score (nSPS) is 28.7. The highest BCUT2D eigenvalue weighted by molar-refractivity contribution is 8.13. The first-order valence-electron chi connectivity index (χ1n) is 6.56. The van der Waals surface area contributed by atoms with Gasteiger partial charge in [-0.1, -0.05) is 18.2 Å². The summed E-state index contributed by atoms with van der Waals surface area (Å²) in [5, 5.41) is 7.38. The molecule has 0 aromatic carbocycles. The molecule has 0 aromatic rings. The maximum atomic E-state index is 11.3. The first-order valence-corrected chi connectivity index (χ1v) is 7.54. The Labute approximate surface area is 113 Å². The van der Waals surface area contributed by atoms with Crippen molar-refractivity contribution in [3.05, 3.63) is 0 Å². The third kappa shape index (κ3) is 3.54. The number of hydrogen-bond acceptors (Lipinski definition) is 3. The van der Waals surface area contributed by atoms with Crippen molar-refractivity contribution in [2.24, 2.45) is 10.9 Å². The second-order valence-corrected chi connectivity index (χ2v) is 6.07. The molecule has 102 valence electrons. The lowest BCUT2D eigenvalue weighted by Crippen LogP contribution is -2.42. The van der Waals surface area contributed by atoms with Gasteiger partial charge in [-0.25, -0.2) is 4.79 Å². The van der Waals surface area contributed by atoms with E-state index < -0.39 is 0 Å². The highest BCUT2D eigenvalue weighted by atomic mass is 32.2. The van der Waals surface area contributed by atoms with Gasteiger partial charge in [0.1, 0.15) is 0 Å². The smallest absolute Gasteiger partial charge is 0.316 e. The number of amidine groups is 1. The molecule has 2 amide bonds. The molecule has 1 saturated heterocycles. The molecule has 18 heavy (non-hydrogen) atoms. The SMILES string of the molecule is CN(C)C(=O)NCCN=C1NC2CCCC2CS1. The summed E-state index contributed by atoms with van der Waals surface area (Å²) in [6.07, 6.45) is 3.98. The number of carbonyl (C=O) groups excluding carboxylic acids is 1. The van der Waals surface area contributed by atoms with Crippen LogP contribution in [0.4, 0.5) is 4.79 Å². The predicted molar refractivity (Wildman–Crippen MR) is 76.1 cm³/mol. The molecule has 0 radical (unpaired) electrons. The van der Waals surface area contributed by atoms with E-state index in [-0.39, 0.29) is 6.03 Å². The fraction of sp³-hybridized carbons (Fsp3) is 0.833. The Morgan fingerprint density at radius 3 is 3.17 bits per heavy atom. The van der Waals surface area contributed by atoms with Gasteiger partial charge in [-0.3, -0.25) is 4.99 Å². The molecule has 1 aliphatic heterocycles. The van der Waals surface area contributed by atoms with Crippen LogP contribution in [0.5, 0.6) is 0 Å². The van der Waals surface area contributed by atoms with E-state index in [1.54, 1.807) is 14.1 Å². The lowest BCUT2D eigenvalue weighted by Gasteiger charge is -2.28. The van der Waals surface area contributed by atoms with E-state index in [1.165, 1.54) is 29.9 Å². The summed E-state index contributed by atoms with van der Waals surface area (Å²) in [6, 6.07) is 0.580. The zero-order valence-electron chi connectivity index (χ0n) is 11.1. The minimum absolute atomic E-state index is 0.0599. The molecule has 0 bridgehead atoms. The van der Waals surface area contributed by atoms with E-state index in [0.29, 0.717) is 19.1 Å². The number of amides is 2. The standard InChI is InChI=1S/C12H22N4OS/c1-16(2)12(17)14-7-6-13-11-15-10-5-3-4-9(10)8-18-11/h9-10H,3-8H2,1-2H3,(H,13,15)(H,14,17). The van der Waals surface area contributed by atoms with Crippen LogP contribution in [-0.4, -0.2) is 55.1 Å². The zero-order chi connectivity index (χ0) is 13.0. The summed E-state index contributed by atoms with van der Waals surface area (Å²) in [5.74, 6) is 2.03. The van der Waals surface area contributed by atoms with Gasteiger partial charge in [-0.2, -0.15) is 0 Å². The first kappa shape index (κ1) is 13.5. The van der Waals surface area contributed by atoms with Crippen molar-refractivity contribution in [3.63, 3.8) is 0 Å². The summed E-state index contributed by atoms with van der Waals surface area (Å²) in [7, 11) is 3.47. The summed E-state index contributed by atoms with van der Waals surface area (Å²) in [6.45, 7) is 1.24. The van der Waals surface area contributed by atoms with Gasteiger partial charge in [0.25, 0.3) is 0 Å². The molecule has 2 fully saturated rings. The van der Waals surface area contributed by atoms with E-state index in [4.69, 9.17) is 0 Å². The third-order valence-electron chi connectivity index (χ3n) is 3.45. The van der Waals surface area contributed by atoms with Crippen molar-refractivity contribution >= 4 is 23.0 Å². The highest BCUT2D eigenvalue weighted by Crippen LogP contribution is 2.32. The van der Waals surface area contributed by atoms with Crippen LogP contribution in [0.25, 0.3) is 0 Å². The highest BCUT2D eigenvalue weighted by Gasteiger charge is 2.31. The van der Waals surface area contributed by atoms with Crippen LogP contribution < -0.4 is 10.6 Å². The van der Waals surface area contributed by atoms with Gasteiger partial charge < -0.3 is 15.5 Å². The van der Waals surface area contributed by atoms with Crippen molar-refractivity contribution in [2.45, 2.75) is 25.3 Å². The Morgan fingerprint density at radius 2 is 2.39 bits per heavy atom. The lowest BCUT2D eigenvalue weighted by molar-refractivity contribution is 0.218.